The van der Waals surface area contributed by atoms with Gasteiger partial charge in [-0.1, -0.05) is 138 Å². The van der Waals surface area contributed by atoms with Crippen molar-refractivity contribution in [2.75, 3.05) is 13.2 Å². The number of ether oxygens (including phenoxy) is 1. The molecule has 0 spiro atoms. The lowest BCUT2D eigenvalue weighted by atomic mass is 10.0. The summed E-state index contributed by atoms with van der Waals surface area (Å²) in [6, 6.07) is -1.39. The Labute approximate surface area is 327 Å². The molecule has 2 amide bonds. The zero-order valence-corrected chi connectivity index (χ0v) is 33.7. The van der Waals surface area contributed by atoms with Crippen molar-refractivity contribution in [2.24, 2.45) is 0 Å². The van der Waals surface area contributed by atoms with Gasteiger partial charge in [0, 0.05) is 6.42 Å². The van der Waals surface area contributed by atoms with Gasteiger partial charge in [-0.3, -0.25) is 14.4 Å². The van der Waals surface area contributed by atoms with Crippen LogP contribution in [0.2, 0.25) is 0 Å². The van der Waals surface area contributed by atoms with E-state index in [1.807, 2.05) is 12.2 Å². The first-order valence-electron chi connectivity index (χ1n) is 20.8. The Hall–Kier alpha value is -3.72. The number of amides is 2. The summed E-state index contributed by atoms with van der Waals surface area (Å²) in [6.45, 7) is 3.32. The molecular weight excluding hydrogens is 681 g/mol. The highest BCUT2D eigenvalue weighted by molar-refractivity contribution is 5.87. The van der Waals surface area contributed by atoms with Gasteiger partial charge >= 0.3 is 11.9 Å². The van der Waals surface area contributed by atoms with Crippen molar-refractivity contribution in [1.29, 1.82) is 0 Å². The first-order valence-corrected chi connectivity index (χ1v) is 20.8. The summed E-state index contributed by atoms with van der Waals surface area (Å²) in [5.41, 5.74) is 0. The fraction of sp³-hybridized carbons (Fsp3) is 0.644. The highest BCUT2D eigenvalue weighted by Crippen LogP contribution is 2.17. The summed E-state index contributed by atoms with van der Waals surface area (Å²) in [6.07, 6.45) is 48.0. The minimum absolute atomic E-state index is 0.101. The molecule has 9 nitrogen and oxygen atoms in total. The van der Waals surface area contributed by atoms with Gasteiger partial charge in [-0.2, -0.15) is 0 Å². The lowest BCUT2D eigenvalue weighted by molar-refractivity contribution is -0.148. The molecule has 0 radical (unpaired) electrons. The van der Waals surface area contributed by atoms with E-state index in [-0.39, 0.29) is 37.4 Å². The van der Waals surface area contributed by atoms with Gasteiger partial charge < -0.3 is 25.6 Å². The maximum atomic E-state index is 12.7. The number of hydrogen-bond donors (Lipinski definition) is 4. The molecule has 0 aliphatic rings. The first-order chi connectivity index (χ1) is 26.3. The van der Waals surface area contributed by atoms with Crippen LogP contribution in [0.25, 0.3) is 0 Å². The summed E-state index contributed by atoms with van der Waals surface area (Å²) in [4.78, 5) is 47.4. The van der Waals surface area contributed by atoms with Crippen LogP contribution >= 0.6 is 0 Å². The molecular formula is C45H74N2O7. The topological polar surface area (TPSA) is 142 Å². The molecule has 54 heavy (non-hydrogen) atoms. The molecule has 0 rings (SSSR count). The van der Waals surface area contributed by atoms with E-state index in [9.17, 15) is 19.2 Å². The Balaban J connectivity index is 4.50. The number of unbranched alkanes of at least 4 members (excludes halogenated alkanes) is 11. The highest BCUT2D eigenvalue weighted by Gasteiger charge is 2.18. The SMILES string of the molecule is CC/C=C\C/C=C\C/C=C\C/C=C\C/C=C\CC(=O)OC(CCC/C=C\CCCCCCCC)CCCCCCCC(=O)NCC(=O)NC(CO)C(=O)O. The van der Waals surface area contributed by atoms with E-state index in [4.69, 9.17) is 14.9 Å². The van der Waals surface area contributed by atoms with E-state index in [1.54, 1.807) is 0 Å². The standard InChI is InChI=1S/C45H74N2O7/c1-3-5-7-9-11-13-15-16-17-18-20-22-24-29-33-37-44(51)54-40(34-30-26-23-21-19-14-12-10-8-6-4-2)35-31-27-25-28-32-36-42(49)46-38-43(50)47-41(39-48)45(52)53/h5,7,11,13,16-17,20-23,29,33,40-41,48H,3-4,6,8-10,12,14-15,18-19,24-28,30-32,34-39H2,1-2H3,(H,46,49)(H,47,50)(H,52,53)/b7-5-,13-11-,17-16-,22-20-,23-21-,33-29-. The summed E-state index contributed by atoms with van der Waals surface area (Å²) >= 11 is 0. The number of aliphatic carboxylic acids is 1. The van der Waals surface area contributed by atoms with Crippen LogP contribution in [0, 0.1) is 0 Å². The normalized spacial score (nSPS) is 13.2. The van der Waals surface area contributed by atoms with Crippen molar-refractivity contribution >= 4 is 23.8 Å². The van der Waals surface area contributed by atoms with E-state index in [0.29, 0.717) is 6.42 Å². The molecule has 0 saturated heterocycles. The Bertz CT molecular complexity index is 1140. The molecule has 9 heteroatoms. The molecule has 0 aromatic carbocycles. The molecule has 306 valence electrons. The van der Waals surface area contributed by atoms with Crippen molar-refractivity contribution in [3.8, 4) is 0 Å². The van der Waals surface area contributed by atoms with Gasteiger partial charge in [-0.25, -0.2) is 4.79 Å². The largest absolute Gasteiger partial charge is 0.480 e. The van der Waals surface area contributed by atoms with Gasteiger partial charge in [-0.15, -0.1) is 0 Å². The van der Waals surface area contributed by atoms with Crippen LogP contribution in [0.3, 0.4) is 0 Å². The molecule has 0 aromatic heterocycles. The van der Waals surface area contributed by atoms with Crippen LogP contribution in [0.1, 0.15) is 162 Å². The molecule has 0 aromatic rings. The number of carboxylic acid groups (broad SMARTS) is 1. The first kappa shape index (κ1) is 50.3. The fourth-order valence-electron chi connectivity index (χ4n) is 5.55. The number of nitrogens with one attached hydrogen (secondary N) is 2. The molecule has 0 bridgehead atoms. The van der Waals surface area contributed by atoms with Crippen LogP contribution in [0.15, 0.2) is 72.9 Å². The van der Waals surface area contributed by atoms with Crippen LogP contribution in [0.5, 0.6) is 0 Å². The second kappa shape index (κ2) is 39.0. The number of hydrogen-bond acceptors (Lipinski definition) is 6. The lowest BCUT2D eigenvalue weighted by Gasteiger charge is -2.17. The van der Waals surface area contributed by atoms with Gasteiger partial charge in [0.05, 0.1) is 19.6 Å². The van der Waals surface area contributed by atoms with E-state index in [2.05, 4.69) is 85.2 Å². The van der Waals surface area contributed by atoms with Crippen molar-refractivity contribution in [3.05, 3.63) is 72.9 Å². The van der Waals surface area contributed by atoms with Crippen molar-refractivity contribution < 1.29 is 34.1 Å². The Morgan fingerprint density at radius 3 is 1.70 bits per heavy atom. The monoisotopic (exact) mass is 755 g/mol. The minimum atomic E-state index is -1.39. The predicted molar refractivity (Wildman–Crippen MR) is 222 cm³/mol. The van der Waals surface area contributed by atoms with E-state index in [0.717, 1.165) is 89.9 Å². The van der Waals surface area contributed by atoms with Gasteiger partial charge in [0.1, 0.15) is 12.1 Å². The second-order valence-electron chi connectivity index (χ2n) is 13.7. The number of aliphatic hydroxyl groups is 1. The Morgan fingerprint density at radius 1 is 0.593 bits per heavy atom. The zero-order valence-electron chi connectivity index (χ0n) is 33.7. The molecule has 0 aliphatic heterocycles. The number of rotatable bonds is 36. The number of allylic oxidation sites excluding steroid dienone is 11. The summed E-state index contributed by atoms with van der Waals surface area (Å²) < 4.78 is 5.93. The highest BCUT2D eigenvalue weighted by atomic mass is 16.5. The fourth-order valence-corrected chi connectivity index (χ4v) is 5.55. The lowest BCUT2D eigenvalue weighted by Crippen LogP contribution is -2.47. The third-order valence-electron chi connectivity index (χ3n) is 8.72. The number of esters is 1. The molecule has 0 aliphatic carbocycles. The predicted octanol–water partition coefficient (Wildman–Crippen LogP) is 9.93. The maximum Gasteiger partial charge on any atom is 0.328 e. The molecule has 0 fully saturated rings. The van der Waals surface area contributed by atoms with Crippen molar-refractivity contribution in [1.82, 2.24) is 10.6 Å². The second-order valence-corrected chi connectivity index (χ2v) is 13.7. The zero-order chi connectivity index (χ0) is 39.7. The van der Waals surface area contributed by atoms with Crippen LogP contribution in [-0.4, -0.2) is 59.3 Å². The summed E-state index contributed by atoms with van der Waals surface area (Å²) in [7, 11) is 0. The van der Waals surface area contributed by atoms with Crippen LogP contribution in [0.4, 0.5) is 0 Å². The number of carbonyl (C=O) groups excluding carboxylic acids is 3. The van der Waals surface area contributed by atoms with Crippen molar-refractivity contribution in [3.63, 3.8) is 0 Å². The Morgan fingerprint density at radius 2 is 1.11 bits per heavy atom. The molecule has 2 atom stereocenters. The van der Waals surface area contributed by atoms with E-state index < -0.39 is 24.5 Å². The smallest absolute Gasteiger partial charge is 0.328 e. The summed E-state index contributed by atoms with van der Waals surface area (Å²) in [5.74, 6) is -2.47. The quantitative estimate of drug-likeness (QED) is 0.0283. The molecule has 0 heterocycles. The average Bonchev–Trinajstić information content (AvgIpc) is 3.15. The van der Waals surface area contributed by atoms with Gasteiger partial charge in [0.25, 0.3) is 0 Å². The third-order valence-corrected chi connectivity index (χ3v) is 8.72. The number of aliphatic hydroxyl groups excluding tert-OH is 1. The molecule has 4 N–H and O–H groups in total. The third kappa shape index (κ3) is 35.3. The molecule has 2 unspecified atom stereocenters. The average molecular weight is 755 g/mol. The molecule has 0 saturated carbocycles. The van der Waals surface area contributed by atoms with E-state index >= 15 is 0 Å². The van der Waals surface area contributed by atoms with Crippen molar-refractivity contribution in [2.45, 2.75) is 174 Å². The Kier molecular flexibility index (Phi) is 36.3. The van der Waals surface area contributed by atoms with Gasteiger partial charge in [0.2, 0.25) is 11.8 Å². The van der Waals surface area contributed by atoms with Gasteiger partial charge in [-0.05, 0) is 83.5 Å². The van der Waals surface area contributed by atoms with E-state index in [1.165, 1.54) is 38.5 Å². The van der Waals surface area contributed by atoms with Crippen LogP contribution in [-0.2, 0) is 23.9 Å². The number of carboxylic acids is 1. The maximum absolute atomic E-state index is 12.7. The van der Waals surface area contributed by atoms with Crippen LogP contribution < -0.4 is 10.6 Å². The minimum Gasteiger partial charge on any atom is -0.480 e. The summed E-state index contributed by atoms with van der Waals surface area (Å²) in [5, 5.41) is 22.5. The van der Waals surface area contributed by atoms with Gasteiger partial charge in [0.15, 0.2) is 0 Å². The number of carbonyl (C=O) groups is 4.